The number of ether oxygens (including phenoxy) is 1. The topological polar surface area (TPSA) is 74.4 Å². The third kappa shape index (κ3) is 3.26. The molecular formula is C14H13ClN2O3. The maximum absolute atomic E-state index is 9.88. The van der Waals surface area contributed by atoms with Gasteiger partial charge in [-0.2, -0.15) is 5.11 Å². The first kappa shape index (κ1) is 14.3. The summed E-state index contributed by atoms with van der Waals surface area (Å²) in [5.41, 5.74) is 1.12. The summed E-state index contributed by atoms with van der Waals surface area (Å²) in [6.07, 6.45) is 0. The van der Waals surface area contributed by atoms with Gasteiger partial charge in [-0.3, -0.25) is 0 Å². The van der Waals surface area contributed by atoms with Crippen LogP contribution in [0.3, 0.4) is 0 Å². The molecule has 0 amide bonds. The smallest absolute Gasteiger partial charge is 0.148 e. The van der Waals surface area contributed by atoms with Crippen LogP contribution in [0.4, 0.5) is 11.4 Å². The van der Waals surface area contributed by atoms with Crippen molar-refractivity contribution in [3.8, 4) is 11.5 Å². The normalized spacial score (nSPS) is 10.9. The van der Waals surface area contributed by atoms with Crippen molar-refractivity contribution in [3.63, 3.8) is 0 Å². The van der Waals surface area contributed by atoms with Crippen molar-refractivity contribution in [2.45, 2.75) is 6.61 Å². The van der Waals surface area contributed by atoms with E-state index in [9.17, 15) is 5.11 Å². The molecule has 0 bridgehead atoms. The molecule has 0 heterocycles. The van der Waals surface area contributed by atoms with Gasteiger partial charge in [0.2, 0.25) is 0 Å². The van der Waals surface area contributed by atoms with Gasteiger partial charge in [-0.15, -0.1) is 5.11 Å². The molecule has 2 rings (SSSR count). The van der Waals surface area contributed by atoms with Gasteiger partial charge < -0.3 is 14.9 Å². The largest absolute Gasteiger partial charge is 0.505 e. The lowest BCUT2D eigenvalue weighted by Crippen LogP contribution is -1.84. The van der Waals surface area contributed by atoms with Crippen LogP contribution in [-0.4, -0.2) is 17.3 Å². The summed E-state index contributed by atoms with van der Waals surface area (Å²) < 4.78 is 5.04. The average Bonchev–Trinajstić information content (AvgIpc) is 2.48. The SMILES string of the molecule is COc1ccc(/N=N/c2cc(Cl)cc(CO)c2O)cc1. The first-order valence-corrected chi connectivity index (χ1v) is 6.20. The predicted molar refractivity (Wildman–Crippen MR) is 76.2 cm³/mol. The minimum atomic E-state index is -0.322. The number of aliphatic hydroxyl groups is 1. The summed E-state index contributed by atoms with van der Waals surface area (Å²) in [6, 6.07) is 9.93. The maximum Gasteiger partial charge on any atom is 0.148 e. The van der Waals surface area contributed by atoms with E-state index in [1.807, 2.05) is 0 Å². The zero-order chi connectivity index (χ0) is 14.5. The number of aromatic hydroxyl groups is 1. The Kier molecular flexibility index (Phi) is 4.55. The molecule has 2 aromatic carbocycles. The summed E-state index contributed by atoms with van der Waals surface area (Å²) >= 11 is 5.88. The summed E-state index contributed by atoms with van der Waals surface area (Å²) in [4.78, 5) is 0. The monoisotopic (exact) mass is 292 g/mol. The Morgan fingerprint density at radius 3 is 2.45 bits per heavy atom. The van der Waals surface area contributed by atoms with E-state index in [0.29, 0.717) is 16.3 Å². The molecule has 5 nitrogen and oxygen atoms in total. The van der Waals surface area contributed by atoms with Crippen molar-refractivity contribution in [3.05, 3.63) is 47.0 Å². The van der Waals surface area contributed by atoms with Crippen LogP contribution in [0.25, 0.3) is 0 Å². The average molecular weight is 293 g/mol. The molecule has 6 heteroatoms. The van der Waals surface area contributed by atoms with Gasteiger partial charge >= 0.3 is 0 Å². The van der Waals surface area contributed by atoms with Gasteiger partial charge in [0.15, 0.2) is 0 Å². The summed E-state index contributed by atoms with van der Waals surface area (Å²) in [7, 11) is 1.58. The van der Waals surface area contributed by atoms with Crippen LogP contribution in [0, 0.1) is 0 Å². The Balaban J connectivity index is 2.28. The van der Waals surface area contributed by atoms with Gasteiger partial charge in [0.25, 0.3) is 0 Å². The number of methoxy groups -OCH3 is 1. The zero-order valence-electron chi connectivity index (χ0n) is 10.7. The third-order valence-corrected chi connectivity index (χ3v) is 2.87. The molecule has 0 fully saturated rings. The molecule has 2 aromatic rings. The van der Waals surface area contributed by atoms with Crippen LogP contribution in [0.15, 0.2) is 46.6 Å². The van der Waals surface area contributed by atoms with Gasteiger partial charge in [0.05, 0.1) is 19.4 Å². The number of halogens is 1. The molecular weight excluding hydrogens is 280 g/mol. The highest BCUT2D eigenvalue weighted by atomic mass is 35.5. The number of hydrogen-bond donors (Lipinski definition) is 2. The number of phenols is 1. The zero-order valence-corrected chi connectivity index (χ0v) is 11.5. The Bertz CT molecular complexity index is 627. The molecule has 0 spiro atoms. The summed E-state index contributed by atoms with van der Waals surface area (Å²) in [5, 5.41) is 27.3. The van der Waals surface area contributed by atoms with E-state index in [1.165, 1.54) is 12.1 Å². The van der Waals surface area contributed by atoms with E-state index in [0.717, 1.165) is 5.75 Å². The fourth-order valence-electron chi connectivity index (χ4n) is 1.60. The molecule has 20 heavy (non-hydrogen) atoms. The van der Waals surface area contributed by atoms with Gasteiger partial charge in [-0.1, -0.05) is 11.6 Å². The van der Waals surface area contributed by atoms with Crippen LogP contribution < -0.4 is 4.74 Å². The highest BCUT2D eigenvalue weighted by Gasteiger charge is 2.08. The number of rotatable bonds is 4. The number of azo groups is 1. The Morgan fingerprint density at radius 1 is 1.15 bits per heavy atom. The summed E-state index contributed by atoms with van der Waals surface area (Å²) in [6.45, 7) is -0.322. The lowest BCUT2D eigenvalue weighted by atomic mass is 10.2. The van der Waals surface area contributed by atoms with E-state index in [4.69, 9.17) is 21.4 Å². The highest BCUT2D eigenvalue weighted by molar-refractivity contribution is 6.31. The summed E-state index contributed by atoms with van der Waals surface area (Å²) in [5.74, 6) is 0.589. The Hall–Kier alpha value is -2.11. The second-order valence-electron chi connectivity index (χ2n) is 3.99. The predicted octanol–water partition coefficient (Wildman–Crippen LogP) is 3.96. The van der Waals surface area contributed by atoms with Crippen LogP contribution in [-0.2, 0) is 6.61 Å². The molecule has 0 unspecified atom stereocenters. The standard InChI is InChI=1S/C14H13ClN2O3/c1-20-12-4-2-11(3-5-12)16-17-13-7-10(15)6-9(8-18)14(13)19/h2-7,18-19H,8H2,1H3/b17-16+. The molecule has 0 saturated carbocycles. The van der Waals surface area contributed by atoms with E-state index < -0.39 is 0 Å². The van der Waals surface area contributed by atoms with E-state index in [2.05, 4.69) is 10.2 Å². The minimum absolute atomic E-state index is 0.130. The first-order chi connectivity index (χ1) is 9.63. The number of hydrogen-bond acceptors (Lipinski definition) is 5. The molecule has 0 radical (unpaired) electrons. The molecule has 0 aliphatic carbocycles. The minimum Gasteiger partial charge on any atom is -0.505 e. The second kappa shape index (κ2) is 6.36. The quantitative estimate of drug-likeness (QED) is 0.838. The molecule has 0 aliphatic heterocycles. The number of benzene rings is 2. The Labute approximate surface area is 121 Å². The van der Waals surface area contributed by atoms with Crippen molar-refractivity contribution in [1.82, 2.24) is 0 Å². The fraction of sp³-hybridized carbons (Fsp3) is 0.143. The van der Waals surface area contributed by atoms with Gasteiger partial charge in [-0.25, -0.2) is 0 Å². The maximum atomic E-state index is 9.88. The highest BCUT2D eigenvalue weighted by Crippen LogP contribution is 2.35. The molecule has 104 valence electrons. The van der Waals surface area contributed by atoms with Crippen molar-refractivity contribution < 1.29 is 14.9 Å². The third-order valence-electron chi connectivity index (χ3n) is 2.65. The Morgan fingerprint density at radius 2 is 1.85 bits per heavy atom. The molecule has 0 saturated heterocycles. The van der Waals surface area contributed by atoms with E-state index in [1.54, 1.807) is 31.4 Å². The van der Waals surface area contributed by atoms with Crippen LogP contribution in [0.2, 0.25) is 5.02 Å². The molecule has 0 aromatic heterocycles. The number of nitrogens with zero attached hydrogens (tertiary/aromatic N) is 2. The van der Waals surface area contributed by atoms with Crippen LogP contribution in [0.5, 0.6) is 11.5 Å². The van der Waals surface area contributed by atoms with Crippen molar-refractivity contribution in [1.29, 1.82) is 0 Å². The van der Waals surface area contributed by atoms with Crippen LogP contribution >= 0.6 is 11.6 Å². The first-order valence-electron chi connectivity index (χ1n) is 5.82. The van der Waals surface area contributed by atoms with Gasteiger partial charge in [0.1, 0.15) is 17.2 Å². The molecule has 0 atom stereocenters. The van der Waals surface area contributed by atoms with Gasteiger partial charge in [0, 0.05) is 10.6 Å². The van der Waals surface area contributed by atoms with Crippen molar-refractivity contribution in [2.24, 2.45) is 10.2 Å². The number of aliphatic hydroxyl groups excluding tert-OH is 1. The lowest BCUT2D eigenvalue weighted by molar-refractivity contribution is 0.275. The van der Waals surface area contributed by atoms with Gasteiger partial charge in [-0.05, 0) is 36.4 Å². The molecule has 0 aliphatic rings. The lowest BCUT2D eigenvalue weighted by Gasteiger charge is -2.04. The van der Waals surface area contributed by atoms with Crippen LogP contribution in [0.1, 0.15) is 5.56 Å². The van der Waals surface area contributed by atoms with Crippen molar-refractivity contribution in [2.75, 3.05) is 7.11 Å². The van der Waals surface area contributed by atoms with Crippen molar-refractivity contribution >= 4 is 23.0 Å². The molecule has 2 N–H and O–H groups in total. The van der Waals surface area contributed by atoms with E-state index >= 15 is 0 Å². The van der Waals surface area contributed by atoms with E-state index in [-0.39, 0.29) is 18.0 Å². The second-order valence-corrected chi connectivity index (χ2v) is 4.43. The fourth-order valence-corrected chi connectivity index (χ4v) is 1.83.